The molecule has 0 radical (unpaired) electrons. The fourth-order valence-corrected chi connectivity index (χ4v) is 5.12. The minimum atomic E-state index is -0.981. The predicted molar refractivity (Wildman–Crippen MR) is 130 cm³/mol. The van der Waals surface area contributed by atoms with Crippen LogP contribution in [0.15, 0.2) is 48.5 Å². The van der Waals surface area contributed by atoms with Crippen LogP contribution in [0.25, 0.3) is 11.1 Å². The molecule has 2 aromatic carbocycles. The summed E-state index contributed by atoms with van der Waals surface area (Å²) in [6, 6.07) is 16.2. The smallest absolute Gasteiger partial charge is 0.407 e. The van der Waals surface area contributed by atoms with Gasteiger partial charge in [0, 0.05) is 32.7 Å². The minimum absolute atomic E-state index is 0.0424. The lowest BCUT2D eigenvalue weighted by molar-refractivity contribution is -0.144. The fraction of sp³-hybridized carbons (Fsp3) is 0.444. The van der Waals surface area contributed by atoms with Crippen molar-refractivity contribution in [3.63, 3.8) is 0 Å². The van der Waals surface area contributed by atoms with Gasteiger partial charge in [-0.1, -0.05) is 62.4 Å². The number of hydrogen-bond donors (Lipinski definition) is 2. The Kier molecular flexibility index (Phi) is 7.40. The lowest BCUT2D eigenvalue weighted by Crippen LogP contribution is -2.43. The van der Waals surface area contributed by atoms with E-state index in [1.807, 2.05) is 38.1 Å². The highest BCUT2D eigenvalue weighted by Crippen LogP contribution is 2.44. The van der Waals surface area contributed by atoms with Gasteiger partial charge in [0.25, 0.3) is 0 Å². The number of carboxylic acids is 1. The Morgan fingerprint density at radius 2 is 1.63 bits per heavy atom. The molecule has 3 atom stereocenters. The van der Waals surface area contributed by atoms with Gasteiger partial charge in [-0.05, 0) is 28.2 Å². The number of carbonyl (C=O) groups excluding carboxylic acids is 2. The van der Waals surface area contributed by atoms with Gasteiger partial charge in [0.1, 0.15) is 12.5 Å². The largest absolute Gasteiger partial charge is 0.481 e. The van der Waals surface area contributed by atoms with Crippen LogP contribution in [0, 0.1) is 17.8 Å². The topological polar surface area (TPSA) is 105 Å². The van der Waals surface area contributed by atoms with Crippen LogP contribution in [0.1, 0.15) is 30.9 Å². The zero-order chi connectivity index (χ0) is 25.1. The number of rotatable bonds is 8. The fourth-order valence-electron chi connectivity index (χ4n) is 5.12. The number of alkyl carbamates (subject to hydrolysis) is 1. The van der Waals surface area contributed by atoms with Crippen LogP contribution in [0.4, 0.5) is 4.79 Å². The standard InChI is InChI=1S/C27H32N2O6/c1-16(2)21(25(30)29-13-22(26(31)32)24(14-29)34-3)12-28-27(33)35-15-23-19-10-6-4-8-17(19)18-9-5-7-11-20(18)23/h4-11,16,21-24H,12-15H2,1-3H3,(H,28,33)(H,31,32). The second-order valence-electron chi connectivity index (χ2n) is 9.52. The summed E-state index contributed by atoms with van der Waals surface area (Å²) in [4.78, 5) is 38.8. The number of methoxy groups -OCH3 is 1. The minimum Gasteiger partial charge on any atom is -0.481 e. The summed E-state index contributed by atoms with van der Waals surface area (Å²) in [5, 5.41) is 12.2. The number of nitrogens with one attached hydrogen (secondary N) is 1. The number of ether oxygens (including phenoxy) is 2. The van der Waals surface area contributed by atoms with Crippen LogP contribution in [0.3, 0.4) is 0 Å². The van der Waals surface area contributed by atoms with E-state index < -0.39 is 30.0 Å². The summed E-state index contributed by atoms with van der Waals surface area (Å²) in [6.07, 6.45) is -1.12. The van der Waals surface area contributed by atoms with Gasteiger partial charge in [-0.2, -0.15) is 0 Å². The maximum absolute atomic E-state index is 13.2. The second kappa shape index (κ2) is 10.5. The summed E-state index contributed by atoms with van der Waals surface area (Å²) in [7, 11) is 1.45. The molecular formula is C27H32N2O6. The molecule has 3 unspecified atom stereocenters. The average molecular weight is 481 g/mol. The van der Waals surface area contributed by atoms with Gasteiger partial charge in [-0.25, -0.2) is 4.79 Å². The Balaban J connectivity index is 1.35. The molecule has 0 aromatic heterocycles. The van der Waals surface area contributed by atoms with Crippen molar-refractivity contribution in [2.45, 2.75) is 25.9 Å². The van der Waals surface area contributed by atoms with E-state index in [1.165, 1.54) is 12.0 Å². The molecule has 1 heterocycles. The first kappa shape index (κ1) is 24.7. The van der Waals surface area contributed by atoms with Crippen LogP contribution in [-0.4, -0.2) is 67.4 Å². The molecule has 1 aliphatic heterocycles. The van der Waals surface area contributed by atoms with Gasteiger partial charge < -0.3 is 24.8 Å². The third-order valence-corrected chi connectivity index (χ3v) is 7.13. The Bertz CT molecular complexity index is 1060. The van der Waals surface area contributed by atoms with Crippen molar-refractivity contribution >= 4 is 18.0 Å². The number of benzene rings is 2. The quantitative estimate of drug-likeness (QED) is 0.600. The van der Waals surface area contributed by atoms with Crippen molar-refractivity contribution in [3.8, 4) is 11.1 Å². The predicted octanol–water partition coefficient (Wildman–Crippen LogP) is 3.36. The molecular weight excluding hydrogens is 448 g/mol. The lowest BCUT2D eigenvalue weighted by atomic mass is 9.94. The van der Waals surface area contributed by atoms with Gasteiger partial charge in [-0.15, -0.1) is 0 Å². The van der Waals surface area contributed by atoms with E-state index in [2.05, 4.69) is 29.6 Å². The molecule has 0 saturated carbocycles. The number of carbonyl (C=O) groups is 3. The molecule has 2 N–H and O–H groups in total. The molecule has 35 heavy (non-hydrogen) atoms. The van der Waals surface area contributed by atoms with Crippen molar-refractivity contribution in [1.82, 2.24) is 10.2 Å². The first-order valence-electron chi connectivity index (χ1n) is 11.9. The SMILES string of the molecule is COC1CN(C(=O)C(CNC(=O)OCC2c3ccccc3-c3ccccc32)C(C)C)CC1C(=O)O. The normalized spacial score (nSPS) is 19.8. The number of amides is 2. The highest BCUT2D eigenvalue weighted by atomic mass is 16.5. The van der Waals surface area contributed by atoms with Crippen LogP contribution in [0.2, 0.25) is 0 Å². The third-order valence-electron chi connectivity index (χ3n) is 7.13. The van der Waals surface area contributed by atoms with Gasteiger partial charge in [0.05, 0.1) is 12.0 Å². The molecule has 1 fully saturated rings. The van der Waals surface area contributed by atoms with E-state index >= 15 is 0 Å². The zero-order valence-electron chi connectivity index (χ0n) is 20.3. The maximum Gasteiger partial charge on any atom is 0.407 e. The lowest BCUT2D eigenvalue weighted by Gasteiger charge is -2.26. The van der Waals surface area contributed by atoms with Crippen LogP contribution in [-0.2, 0) is 19.1 Å². The van der Waals surface area contributed by atoms with E-state index in [4.69, 9.17) is 9.47 Å². The summed E-state index contributed by atoms with van der Waals surface area (Å²) in [6.45, 7) is 4.43. The summed E-state index contributed by atoms with van der Waals surface area (Å²) in [5.41, 5.74) is 4.57. The van der Waals surface area contributed by atoms with Crippen molar-refractivity contribution in [1.29, 1.82) is 0 Å². The van der Waals surface area contributed by atoms with Gasteiger partial charge in [0.2, 0.25) is 5.91 Å². The van der Waals surface area contributed by atoms with E-state index in [9.17, 15) is 19.5 Å². The molecule has 0 bridgehead atoms. The number of nitrogens with zero attached hydrogens (tertiary/aromatic N) is 1. The zero-order valence-corrected chi connectivity index (χ0v) is 20.3. The van der Waals surface area contributed by atoms with E-state index in [0.717, 1.165) is 22.3 Å². The monoisotopic (exact) mass is 480 g/mol. The number of aliphatic carboxylic acids is 1. The van der Waals surface area contributed by atoms with Crippen LogP contribution in [0.5, 0.6) is 0 Å². The molecule has 1 saturated heterocycles. The van der Waals surface area contributed by atoms with Crippen molar-refractivity contribution in [2.75, 3.05) is 33.4 Å². The van der Waals surface area contributed by atoms with Crippen LogP contribution >= 0.6 is 0 Å². The Labute approximate surface area is 205 Å². The highest BCUT2D eigenvalue weighted by Gasteiger charge is 2.42. The Morgan fingerprint density at radius 3 is 2.14 bits per heavy atom. The summed E-state index contributed by atoms with van der Waals surface area (Å²) in [5.74, 6) is -2.53. The van der Waals surface area contributed by atoms with Gasteiger partial charge in [0.15, 0.2) is 0 Å². The first-order chi connectivity index (χ1) is 16.8. The number of likely N-dealkylation sites (tertiary alicyclic amines) is 1. The van der Waals surface area contributed by atoms with Crippen LogP contribution < -0.4 is 5.32 Å². The molecule has 8 heteroatoms. The first-order valence-corrected chi connectivity index (χ1v) is 11.9. The third kappa shape index (κ3) is 5.03. The van der Waals surface area contributed by atoms with E-state index in [0.29, 0.717) is 0 Å². The molecule has 1 aliphatic carbocycles. The highest BCUT2D eigenvalue weighted by molar-refractivity contribution is 5.82. The Morgan fingerprint density at radius 1 is 1.03 bits per heavy atom. The molecule has 4 rings (SSSR count). The van der Waals surface area contributed by atoms with Crippen molar-refractivity contribution in [3.05, 3.63) is 59.7 Å². The number of fused-ring (bicyclic) bond motifs is 3. The van der Waals surface area contributed by atoms with Crippen molar-refractivity contribution < 1.29 is 29.0 Å². The molecule has 2 aliphatic rings. The van der Waals surface area contributed by atoms with E-state index in [-0.39, 0.29) is 44.0 Å². The summed E-state index contributed by atoms with van der Waals surface area (Å²) < 4.78 is 10.9. The summed E-state index contributed by atoms with van der Waals surface area (Å²) >= 11 is 0. The van der Waals surface area contributed by atoms with Gasteiger partial charge >= 0.3 is 12.1 Å². The number of carboxylic acid groups (broad SMARTS) is 1. The maximum atomic E-state index is 13.2. The van der Waals surface area contributed by atoms with E-state index in [1.54, 1.807) is 0 Å². The Hall–Kier alpha value is -3.39. The molecule has 2 aromatic rings. The molecule has 0 spiro atoms. The average Bonchev–Trinajstić information content (AvgIpc) is 3.42. The molecule has 2 amide bonds. The number of hydrogen-bond acceptors (Lipinski definition) is 5. The molecule has 8 nitrogen and oxygen atoms in total. The van der Waals surface area contributed by atoms with Crippen molar-refractivity contribution in [2.24, 2.45) is 17.8 Å². The molecule has 186 valence electrons. The second-order valence-corrected chi connectivity index (χ2v) is 9.52. The van der Waals surface area contributed by atoms with Gasteiger partial charge in [-0.3, -0.25) is 9.59 Å².